The van der Waals surface area contributed by atoms with Gasteiger partial charge in [0.1, 0.15) is 5.60 Å². The zero-order chi connectivity index (χ0) is 16.1. The summed E-state index contributed by atoms with van der Waals surface area (Å²) in [5.74, 6) is 0. The van der Waals surface area contributed by atoms with Gasteiger partial charge >= 0.3 is 6.09 Å². The Morgan fingerprint density at radius 1 is 1.19 bits per heavy atom. The average Bonchev–Trinajstić information content (AvgIpc) is 2.32. The van der Waals surface area contributed by atoms with Gasteiger partial charge in [0.25, 0.3) is 0 Å². The van der Waals surface area contributed by atoms with E-state index in [-0.39, 0.29) is 17.6 Å². The summed E-state index contributed by atoms with van der Waals surface area (Å²) >= 11 is 0. The number of piperazine rings is 1. The number of nitrogens with one attached hydrogen (secondary N) is 2. The predicted molar refractivity (Wildman–Crippen MR) is 86.5 cm³/mol. The average molecular weight is 299 g/mol. The maximum Gasteiger partial charge on any atom is 0.407 e. The van der Waals surface area contributed by atoms with Crippen LogP contribution in [0.3, 0.4) is 0 Å². The highest BCUT2D eigenvalue weighted by atomic mass is 16.6. The van der Waals surface area contributed by atoms with Crippen LogP contribution >= 0.6 is 0 Å². The smallest absolute Gasteiger partial charge is 0.407 e. The zero-order valence-corrected chi connectivity index (χ0v) is 14.6. The number of ether oxygens (including phenoxy) is 1. The first-order valence-electron chi connectivity index (χ1n) is 8.00. The fourth-order valence-corrected chi connectivity index (χ4v) is 2.42. The minimum atomic E-state index is -0.453. The molecule has 0 radical (unpaired) electrons. The zero-order valence-electron chi connectivity index (χ0n) is 14.6. The normalized spacial score (nSPS) is 19.1. The molecule has 0 aromatic rings. The number of carbonyl (C=O) groups is 1. The topological polar surface area (TPSA) is 53.6 Å². The molecule has 0 spiro atoms. The van der Waals surface area contributed by atoms with E-state index in [9.17, 15) is 4.79 Å². The van der Waals surface area contributed by atoms with Gasteiger partial charge in [0, 0.05) is 38.8 Å². The quantitative estimate of drug-likeness (QED) is 0.836. The van der Waals surface area contributed by atoms with Crippen molar-refractivity contribution in [1.29, 1.82) is 0 Å². The number of carbonyl (C=O) groups excluding carboxylic acids is 1. The molecule has 1 heterocycles. The Hall–Kier alpha value is -0.810. The highest BCUT2D eigenvalue weighted by Crippen LogP contribution is 2.23. The number of hydrogen-bond donors (Lipinski definition) is 2. The van der Waals surface area contributed by atoms with Gasteiger partial charge < -0.3 is 20.3 Å². The third-order valence-electron chi connectivity index (χ3n) is 3.68. The van der Waals surface area contributed by atoms with E-state index in [0.717, 1.165) is 39.1 Å². The Kier molecular flexibility index (Phi) is 6.47. The van der Waals surface area contributed by atoms with Crippen LogP contribution in [0.2, 0.25) is 0 Å². The van der Waals surface area contributed by atoms with E-state index in [1.165, 1.54) is 0 Å². The number of amides is 1. The molecule has 1 fully saturated rings. The second kappa shape index (κ2) is 7.45. The van der Waals surface area contributed by atoms with Crippen LogP contribution in [-0.4, -0.2) is 55.4 Å². The lowest BCUT2D eigenvalue weighted by molar-refractivity contribution is 0.0451. The van der Waals surface area contributed by atoms with E-state index in [1.54, 1.807) is 0 Å². The summed E-state index contributed by atoms with van der Waals surface area (Å²) in [6.45, 7) is 17.4. The van der Waals surface area contributed by atoms with Crippen LogP contribution in [0.5, 0.6) is 0 Å². The van der Waals surface area contributed by atoms with Crippen LogP contribution in [0.25, 0.3) is 0 Å². The first-order valence-corrected chi connectivity index (χ1v) is 8.00. The van der Waals surface area contributed by atoms with Crippen molar-refractivity contribution >= 4 is 6.09 Å². The third-order valence-corrected chi connectivity index (χ3v) is 3.68. The minimum Gasteiger partial charge on any atom is -0.444 e. The first-order chi connectivity index (χ1) is 9.58. The molecular formula is C16H33N3O2. The molecule has 1 amide bonds. The van der Waals surface area contributed by atoms with Gasteiger partial charge in [-0.15, -0.1) is 0 Å². The summed E-state index contributed by atoms with van der Waals surface area (Å²) in [6.07, 6.45) is 0.630. The Labute approximate surface area is 129 Å². The van der Waals surface area contributed by atoms with Crippen molar-refractivity contribution in [1.82, 2.24) is 15.5 Å². The van der Waals surface area contributed by atoms with Crippen molar-refractivity contribution in [3.8, 4) is 0 Å². The minimum absolute atomic E-state index is 0.0188. The van der Waals surface area contributed by atoms with E-state index in [1.807, 2.05) is 20.8 Å². The maximum absolute atomic E-state index is 12.0. The van der Waals surface area contributed by atoms with E-state index in [0.29, 0.717) is 0 Å². The largest absolute Gasteiger partial charge is 0.444 e. The molecule has 0 bridgehead atoms. The van der Waals surface area contributed by atoms with E-state index >= 15 is 0 Å². The highest BCUT2D eigenvalue weighted by molar-refractivity contribution is 5.68. The Balaban J connectivity index is 2.49. The van der Waals surface area contributed by atoms with Gasteiger partial charge in [0.05, 0.1) is 0 Å². The molecule has 2 N–H and O–H groups in total. The Bertz CT molecular complexity index is 325. The van der Waals surface area contributed by atoms with Gasteiger partial charge in [-0.05, 0) is 32.6 Å². The van der Waals surface area contributed by atoms with Crippen molar-refractivity contribution in [2.24, 2.45) is 5.41 Å². The molecule has 0 aromatic heterocycles. The van der Waals surface area contributed by atoms with E-state index in [2.05, 4.69) is 36.3 Å². The Morgan fingerprint density at radius 2 is 1.76 bits per heavy atom. The molecule has 0 aromatic carbocycles. The van der Waals surface area contributed by atoms with Crippen molar-refractivity contribution in [3.05, 3.63) is 0 Å². The molecule has 1 atom stereocenters. The standard InChI is InChI=1S/C16H33N3O2/c1-15(2,3)13(18-14(20)21-16(4,5)6)7-10-19-11-8-17-9-12-19/h13,17H,7-12H2,1-6H3,(H,18,20). The summed E-state index contributed by atoms with van der Waals surface area (Å²) in [7, 11) is 0. The fraction of sp³-hybridized carbons (Fsp3) is 0.938. The third kappa shape index (κ3) is 7.67. The Morgan fingerprint density at radius 3 is 2.24 bits per heavy atom. The molecule has 1 saturated heterocycles. The van der Waals surface area contributed by atoms with E-state index in [4.69, 9.17) is 4.74 Å². The molecule has 1 unspecified atom stereocenters. The van der Waals surface area contributed by atoms with Crippen molar-refractivity contribution in [3.63, 3.8) is 0 Å². The number of hydrogen-bond acceptors (Lipinski definition) is 4. The van der Waals surface area contributed by atoms with Crippen LogP contribution in [0, 0.1) is 5.41 Å². The number of rotatable bonds is 4. The molecule has 124 valence electrons. The van der Waals surface area contributed by atoms with Gasteiger partial charge in [0.15, 0.2) is 0 Å². The summed E-state index contributed by atoms with van der Waals surface area (Å²) in [6, 6.07) is 0.113. The lowest BCUT2D eigenvalue weighted by Crippen LogP contribution is -2.49. The van der Waals surface area contributed by atoms with Crippen molar-refractivity contribution in [2.75, 3.05) is 32.7 Å². The van der Waals surface area contributed by atoms with Crippen LogP contribution in [0.1, 0.15) is 48.0 Å². The van der Waals surface area contributed by atoms with Crippen molar-refractivity contribution in [2.45, 2.75) is 59.6 Å². The fourth-order valence-electron chi connectivity index (χ4n) is 2.42. The van der Waals surface area contributed by atoms with Crippen LogP contribution in [-0.2, 0) is 4.74 Å². The SMILES string of the molecule is CC(C)(C)OC(=O)NC(CCN1CCNCC1)C(C)(C)C. The van der Waals surface area contributed by atoms with Gasteiger partial charge in [-0.25, -0.2) is 4.79 Å². The lowest BCUT2D eigenvalue weighted by Gasteiger charge is -2.35. The van der Waals surface area contributed by atoms with Crippen molar-refractivity contribution < 1.29 is 9.53 Å². The van der Waals surface area contributed by atoms with Gasteiger partial charge in [0.2, 0.25) is 0 Å². The monoisotopic (exact) mass is 299 g/mol. The predicted octanol–water partition coefficient (Wildman–Crippen LogP) is 2.22. The van der Waals surface area contributed by atoms with Gasteiger partial charge in [-0.2, -0.15) is 0 Å². The van der Waals surface area contributed by atoms with Crippen LogP contribution in [0.4, 0.5) is 4.79 Å². The molecule has 5 nitrogen and oxygen atoms in total. The maximum atomic E-state index is 12.0. The summed E-state index contributed by atoms with van der Waals surface area (Å²) in [5, 5.41) is 6.41. The van der Waals surface area contributed by atoms with Gasteiger partial charge in [-0.3, -0.25) is 0 Å². The van der Waals surface area contributed by atoms with E-state index < -0.39 is 5.60 Å². The summed E-state index contributed by atoms with van der Waals surface area (Å²) in [4.78, 5) is 14.5. The molecule has 5 heteroatoms. The molecule has 1 aliphatic rings. The molecule has 21 heavy (non-hydrogen) atoms. The molecule has 0 aliphatic carbocycles. The molecule has 1 aliphatic heterocycles. The van der Waals surface area contributed by atoms with Crippen LogP contribution in [0.15, 0.2) is 0 Å². The van der Waals surface area contributed by atoms with Crippen LogP contribution < -0.4 is 10.6 Å². The summed E-state index contributed by atoms with van der Waals surface area (Å²) in [5.41, 5.74) is -0.435. The highest BCUT2D eigenvalue weighted by Gasteiger charge is 2.28. The lowest BCUT2D eigenvalue weighted by atomic mass is 9.84. The number of nitrogens with zero attached hydrogens (tertiary/aromatic N) is 1. The summed E-state index contributed by atoms with van der Waals surface area (Å²) < 4.78 is 5.38. The second-order valence-electron chi connectivity index (χ2n) is 7.95. The number of alkyl carbamates (subject to hydrolysis) is 1. The van der Waals surface area contributed by atoms with Gasteiger partial charge in [-0.1, -0.05) is 20.8 Å². The second-order valence-corrected chi connectivity index (χ2v) is 7.95. The molecule has 1 rings (SSSR count). The molecular weight excluding hydrogens is 266 g/mol. The molecule has 0 saturated carbocycles. The first kappa shape index (κ1) is 18.2.